The van der Waals surface area contributed by atoms with Crippen LogP contribution in [-0.4, -0.2) is 19.2 Å². The Labute approximate surface area is 109 Å². The van der Waals surface area contributed by atoms with Gasteiger partial charge in [-0.25, -0.2) is 4.79 Å². The Morgan fingerprint density at radius 2 is 2.11 bits per heavy atom. The number of fused-ring (bicyclic) bond motifs is 1. The maximum absolute atomic E-state index is 11.7. The first-order valence-electron chi connectivity index (χ1n) is 5.29. The van der Waals surface area contributed by atoms with Crippen LogP contribution < -0.4 is 21.6 Å². The minimum Gasteiger partial charge on any atom is -0.421 e. The fourth-order valence-electron chi connectivity index (χ4n) is 1.60. The van der Waals surface area contributed by atoms with E-state index >= 15 is 0 Å². The monoisotopic (exact) mass is 263 g/mol. The van der Waals surface area contributed by atoms with Crippen molar-refractivity contribution >= 4 is 39.7 Å². The molecular weight excluding hydrogens is 250 g/mol. The lowest BCUT2D eigenvalue weighted by atomic mass is 10.2. The fraction of sp³-hybridized carbons (Fsp3) is 0.167. The van der Waals surface area contributed by atoms with Crippen molar-refractivity contribution in [3.8, 4) is 0 Å². The normalized spacial score (nSPS) is 10.3. The molecule has 0 atom stereocenters. The summed E-state index contributed by atoms with van der Waals surface area (Å²) in [6, 6.07) is 7.28. The SMILES string of the molecule is CN(C)c1ccc2cc(NC(N)=S)c(=O)oc2c1. The second-order valence-corrected chi connectivity index (χ2v) is 4.49. The Morgan fingerprint density at radius 3 is 2.72 bits per heavy atom. The average Bonchev–Trinajstić information content (AvgIpc) is 2.28. The van der Waals surface area contributed by atoms with E-state index in [4.69, 9.17) is 22.4 Å². The number of nitrogens with one attached hydrogen (secondary N) is 1. The van der Waals surface area contributed by atoms with Crippen LogP contribution in [0.15, 0.2) is 33.5 Å². The molecule has 0 saturated heterocycles. The summed E-state index contributed by atoms with van der Waals surface area (Å²) in [7, 11) is 3.84. The summed E-state index contributed by atoms with van der Waals surface area (Å²) in [6.45, 7) is 0. The predicted octanol–water partition coefficient (Wildman–Crippen LogP) is 1.51. The molecule has 0 amide bonds. The number of nitrogens with zero attached hydrogens (tertiary/aromatic N) is 1. The van der Waals surface area contributed by atoms with Gasteiger partial charge in [-0.3, -0.25) is 0 Å². The van der Waals surface area contributed by atoms with Gasteiger partial charge in [-0.2, -0.15) is 0 Å². The molecular formula is C12H13N3O2S. The summed E-state index contributed by atoms with van der Waals surface area (Å²) in [6.07, 6.45) is 0. The molecule has 0 radical (unpaired) electrons. The molecule has 1 aromatic carbocycles. The van der Waals surface area contributed by atoms with Gasteiger partial charge in [0.05, 0.1) is 0 Å². The van der Waals surface area contributed by atoms with Crippen LogP contribution in [0, 0.1) is 0 Å². The number of hydrogen-bond acceptors (Lipinski definition) is 4. The van der Waals surface area contributed by atoms with Crippen LogP contribution >= 0.6 is 12.2 Å². The van der Waals surface area contributed by atoms with Gasteiger partial charge in [0, 0.05) is 31.2 Å². The molecule has 0 spiro atoms. The fourth-order valence-corrected chi connectivity index (χ4v) is 1.71. The summed E-state index contributed by atoms with van der Waals surface area (Å²) in [5.74, 6) is 0. The zero-order valence-electron chi connectivity index (χ0n) is 10.1. The van der Waals surface area contributed by atoms with Gasteiger partial charge in [0.15, 0.2) is 5.11 Å². The van der Waals surface area contributed by atoms with Crippen LogP contribution in [0.3, 0.4) is 0 Å². The lowest BCUT2D eigenvalue weighted by Gasteiger charge is -2.12. The molecule has 0 bridgehead atoms. The molecule has 2 rings (SSSR count). The van der Waals surface area contributed by atoms with E-state index in [1.165, 1.54) is 0 Å². The van der Waals surface area contributed by atoms with E-state index in [9.17, 15) is 4.79 Å². The van der Waals surface area contributed by atoms with Crippen LogP contribution in [0.2, 0.25) is 0 Å². The van der Waals surface area contributed by atoms with Crippen molar-refractivity contribution in [2.24, 2.45) is 5.73 Å². The first-order valence-corrected chi connectivity index (χ1v) is 5.70. The third-order valence-electron chi connectivity index (χ3n) is 2.49. The van der Waals surface area contributed by atoms with Gasteiger partial charge in [0.1, 0.15) is 11.3 Å². The van der Waals surface area contributed by atoms with Crippen LogP contribution in [0.4, 0.5) is 11.4 Å². The quantitative estimate of drug-likeness (QED) is 0.632. The predicted molar refractivity (Wildman–Crippen MR) is 77.2 cm³/mol. The van der Waals surface area contributed by atoms with Crippen molar-refractivity contribution in [1.82, 2.24) is 0 Å². The van der Waals surface area contributed by atoms with Gasteiger partial charge >= 0.3 is 5.63 Å². The highest BCUT2D eigenvalue weighted by Gasteiger charge is 2.07. The van der Waals surface area contributed by atoms with Gasteiger partial charge in [-0.1, -0.05) is 0 Å². The van der Waals surface area contributed by atoms with Crippen molar-refractivity contribution in [1.29, 1.82) is 0 Å². The van der Waals surface area contributed by atoms with E-state index in [1.807, 2.05) is 31.1 Å². The Morgan fingerprint density at radius 1 is 1.39 bits per heavy atom. The second kappa shape index (κ2) is 4.66. The largest absolute Gasteiger partial charge is 0.421 e. The van der Waals surface area contributed by atoms with E-state index < -0.39 is 5.63 Å². The summed E-state index contributed by atoms with van der Waals surface area (Å²) in [5.41, 5.74) is 6.57. The smallest absolute Gasteiger partial charge is 0.360 e. The summed E-state index contributed by atoms with van der Waals surface area (Å²) in [5, 5.41) is 3.43. The Balaban J connectivity index is 2.57. The van der Waals surface area contributed by atoms with E-state index in [0.717, 1.165) is 11.1 Å². The van der Waals surface area contributed by atoms with E-state index in [0.29, 0.717) is 5.58 Å². The zero-order chi connectivity index (χ0) is 13.3. The van der Waals surface area contributed by atoms with Crippen molar-refractivity contribution in [3.05, 3.63) is 34.7 Å². The molecule has 94 valence electrons. The van der Waals surface area contributed by atoms with Crippen LogP contribution in [0.1, 0.15) is 0 Å². The summed E-state index contributed by atoms with van der Waals surface area (Å²) >= 11 is 4.69. The Hall–Kier alpha value is -2.08. The maximum atomic E-state index is 11.7. The molecule has 5 nitrogen and oxygen atoms in total. The topological polar surface area (TPSA) is 71.5 Å². The van der Waals surface area contributed by atoms with Crippen LogP contribution in [0.25, 0.3) is 11.0 Å². The first-order chi connectivity index (χ1) is 8.47. The van der Waals surface area contributed by atoms with Crippen molar-refractivity contribution in [3.63, 3.8) is 0 Å². The minimum atomic E-state index is -0.494. The van der Waals surface area contributed by atoms with E-state index in [2.05, 4.69) is 5.32 Å². The first kappa shape index (κ1) is 12.4. The summed E-state index contributed by atoms with van der Waals surface area (Å²) in [4.78, 5) is 13.6. The van der Waals surface area contributed by atoms with Gasteiger partial charge in [-0.05, 0) is 30.4 Å². The van der Waals surface area contributed by atoms with Gasteiger partial charge in [0.2, 0.25) is 0 Å². The van der Waals surface area contributed by atoms with Crippen molar-refractivity contribution in [2.75, 3.05) is 24.3 Å². The molecule has 1 heterocycles. The van der Waals surface area contributed by atoms with Crippen molar-refractivity contribution in [2.45, 2.75) is 0 Å². The number of hydrogen-bond donors (Lipinski definition) is 2. The van der Waals surface area contributed by atoms with Crippen LogP contribution in [0.5, 0.6) is 0 Å². The third kappa shape index (κ3) is 2.43. The molecule has 0 unspecified atom stereocenters. The average molecular weight is 263 g/mol. The van der Waals surface area contributed by atoms with Crippen molar-refractivity contribution < 1.29 is 4.42 Å². The number of rotatable bonds is 2. The molecule has 3 N–H and O–H groups in total. The summed E-state index contributed by atoms with van der Waals surface area (Å²) < 4.78 is 5.22. The van der Waals surface area contributed by atoms with Crippen LogP contribution in [-0.2, 0) is 0 Å². The second-order valence-electron chi connectivity index (χ2n) is 4.05. The molecule has 2 aromatic rings. The van der Waals surface area contributed by atoms with Gasteiger partial charge in [0.25, 0.3) is 0 Å². The highest BCUT2D eigenvalue weighted by atomic mass is 32.1. The standard InChI is InChI=1S/C12H13N3O2S/c1-15(2)8-4-3-7-5-9(14-12(13)18)11(16)17-10(7)6-8/h3-6H,1-2H3,(H3,13,14,18). The lowest BCUT2D eigenvalue weighted by molar-refractivity contribution is 0.564. The number of nitrogens with two attached hydrogens (primary N) is 1. The lowest BCUT2D eigenvalue weighted by Crippen LogP contribution is -2.22. The molecule has 6 heteroatoms. The molecule has 0 aliphatic carbocycles. The molecule has 0 fully saturated rings. The van der Waals surface area contributed by atoms with E-state index in [-0.39, 0.29) is 10.8 Å². The van der Waals surface area contributed by atoms with E-state index in [1.54, 1.807) is 12.1 Å². The number of benzene rings is 1. The van der Waals surface area contributed by atoms with Gasteiger partial charge < -0.3 is 20.4 Å². The Bertz CT molecular complexity index is 664. The zero-order valence-corrected chi connectivity index (χ0v) is 10.9. The Kier molecular flexibility index (Phi) is 3.20. The molecule has 1 aromatic heterocycles. The third-order valence-corrected chi connectivity index (χ3v) is 2.60. The highest BCUT2D eigenvalue weighted by Crippen LogP contribution is 2.21. The molecule has 18 heavy (non-hydrogen) atoms. The number of thiocarbonyl (C=S) groups is 1. The molecule has 0 aliphatic rings. The molecule has 0 aliphatic heterocycles. The number of anilines is 2. The molecule has 0 saturated carbocycles. The maximum Gasteiger partial charge on any atom is 0.360 e. The minimum absolute atomic E-state index is 0.0339. The highest BCUT2D eigenvalue weighted by molar-refractivity contribution is 7.80. The van der Waals surface area contributed by atoms with Gasteiger partial charge in [-0.15, -0.1) is 0 Å².